The Hall–Kier alpha value is -1.26. The van der Waals surface area contributed by atoms with E-state index in [0.29, 0.717) is 24.5 Å². The lowest BCUT2D eigenvalue weighted by Crippen LogP contribution is -2.16. The second-order valence-electron chi connectivity index (χ2n) is 3.26. The van der Waals surface area contributed by atoms with Crippen LogP contribution in [-0.4, -0.2) is 32.2 Å². The fourth-order valence-electron chi connectivity index (χ4n) is 1.56. The zero-order valence-corrected chi connectivity index (χ0v) is 9.90. The Morgan fingerprint density at radius 3 is 2.19 bits per heavy atom. The predicted molar refractivity (Wildman–Crippen MR) is 60.9 cm³/mol. The van der Waals surface area contributed by atoms with Gasteiger partial charge in [-0.15, -0.1) is 0 Å². The first-order valence-electron chi connectivity index (χ1n) is 5.22. The molecular formula is C12H18O4. The molecule has 0 amide bonds. The molecule has 0 bridgehead atoms. The molecule has 1 aromatic carbocycles. The molecule has 0 aromatic heterocycles. The normalized spacial score (nSPS) is 12.2. The van der Waals surface area contributed by atoms with Crippen molar-refractivity contribution in [2.45, 2.75) is 19.6 Å². The lowest BCUT2D eigenvalue weighted by molar-refractivity contribution is -0.0932. The minimum atomic E-state index is -0.838. The molecule has 16 heavy (non-hydrogen) atoms. The summed E-state index contributed by atoms with van der Waals surface area (Å²) in [5, 5.41) is 9.61. The van der Waals surface area contributed by atoms with Crippen LogP contribution in [0.4, 0.5) is 0 Å². The molecule has 1 unspecified atom stereocenters. The van der Waals surface area contributed by atoms with Crippen LogP contribution in [0.3, 0.4) is 0 Å². The summed E-state index contributed by atoms with van der Waals surface area (Å²) in [5.74, 6) is 1.39. The largest absolute Gasteiger partial charge is 0.496 e. The van der Waals surface area contributed by atoms with E-state index in [-0.39, 0.29) is 0 Å². The van der Waals surface area contributed by atoms with Gasteiger partial charge in [-0.2, -0.15) is 0 Å². The molecule has 4 heteroatoms. The Bertz CT molecular complexity index is 303. The minimum Gasteiger partial charge on any atom is -0.496 e. The van der Waals surface area contributed by atoms with E-state index >= 15 is 0 Å². The lowest BCUT2D eigenvalue weighted by atomic mass is 10.1. The predicted octanol–water partition coefficient (Wildman–Crippen LogP) is 1.60. The summed E-state index contributed by atoms with van der Waals surface area (Å²) in [5.41, 5.74) is 0.813. The maximum Gasteiger partial charge on any atom is 0.158 e. The third-order valence-electron chi connectivity index (χ3n) is 2.27. The first kappa shape index (κ1) is 12.8. The van der Waals surface area contributed by atoms with Crippen LogP contribution in [0.25, 0.3) is 0 Å². The van der Waals surface area contributed by atoms with Crippen molar-refractivity contribution in [3.8, 4) is 11.5 Å². The maximum atomic E-state index is 9.61. The van der Waals surface area contributed by atoms with Gasteiger partial charge in [0.15, 0.2) is 6.29 Å². The van der Waals surface area contributed by atoms with Gasteiger partial charge in [0.05, 0.1) is 14.2 Å². The fourth-order valence-corrected chi connectivity index (χ4v) is 1.56. The standard InChI is InChI=1S/C12H18O4/c1-4-16-12(13)8-9-10(14-2)6-5-7-11(9)15-3/h5-7,12-13H,4,8H2,1-3H3. The van der Waals surface area contributed by atoms with Crippen molar-refractivity contribution in [1.29, 1.82) is 0 Å². The number of methoxy groups -OCH3 is 2. The van der Waals surface area contributed by atoms with Gasteiger partial charge in [-0.1, -0.05) is 6.07 Å². The number of benzene rings is 1. The smallest absolute Gasteiger partial charge is 0.158 e. The summed E-state index contributed by atoms with van der Waals surface area (Å²) < 4.78 is 15.5. The molecule has 0 aliphatic heterocycles. The minimum absolute atomic E-state index is 0.348. The van der Waals surface area contributed by atoms with E-state index in [1.807, 2.05) is 25.1 Å². The molecule has 0 saturated heterocycles. The van der Waals surface area contributed by atoms with Crippen molar-refractivity contribution < 1.29 is 19.3 Å². The highest BCUT2D eigenvalue weighted by atomic mass is 16.6. The molecule has 90 valence electrons. The number of aliphatic hydroxyl groups is 1. The van der Waals surface area contributed by atoms with Crippen molar-refractivity contribution in [1.82, 2.24) is 0 Å². The van der Waals surface area contributed by atoms with E-state index in [2.05, 4.69) is 0 Å². The van der Waals surface area contributed by atoms with Crippen molar-refractivity contribution in [3.05, 3.63) is 23.8 Å². The van der Waals surface area contributed by atoms with Crippen LogP contribution < -0.4 is 9.47 Å². The summed E-state index contributed by atoms with van der Waals surface area (Å²) >= 11 is 0. The molecule has 1 rings (SSSR count). The van der Waals surface area contributed by atoms with Crippen LogP contribution >= 0.6 is 0 Å². The highest BCUT2D eigenvalue weighted by Crippen LogP contribution is 2.29. The van der Waals surface area contributed by atoms with Crippen LogP contribution in [0, 0.1) is 0 Å². The van der Waals surface area contributed by atoms with Gasteiger partial charge in [0.25, 0.3) is 0 Å². The van der Waals surface area contributed by atoms with E-state index in [9.17, 15) is 5.11 Å². The lowest BCUT2D eigenvalue weighted by Gasteiger charge is -2.16. The zero-order valence-electron chi connectivity index (χ0n) is 9.90. The van der Waals surface area contributed by atoms with Crippen LogP contribution in [0.2, 0.25) is 0 Å². The van der Waals surface area contributed by atoms with E-state index in [0.717, 1.165) is 5.56 Å². The van der Waals surface area contributed by atoms with Gasteiger partial charge in [0.2, 0.25) is 0 Å². The Kier molecular flexibility index (Phi) is 5.08. The van der Waals surface area contributed by atoms with Crippen molar-refractivity contribution in [3.63, 3.8) is 0 Å². The molecule has 4 nitrogen and oxygen atoms in total. The van der Waals surface area contributed by atoms with Crippen molar-refractivity contribution in [2.75, 3.05) is 20.8 Å². The summed E-state index contributed by atoms with van der Waals surface area (Å²) in [4.78, 5) is 0. The van der Waals surface area contributed by atoms with Gasteiger partial charge in [0.1, 0.15) is 11.5 Å². The monoisotopic (exact) mass is 226 g/mol. The summed E-state index contributed by atoms with van der Waals surface area (Å²) in [6.45, 7) is 2.31. The number of hydrogen-bond donors (Lipinski definition) is 1. The van der Waals surface area contributed by atoms with Crippen LogP contribution in [0.5, 0.6) is 11.5 Å². The second-order valence-corrected chi connectivity index (χ2v) is 3.26. The van der Waals surface area contributed by atoms with Crippen molar-refractivity contribution >= 4 is 0 Å². The van der Waals surface area contributed by atoms with E-state index in [1.54, 1.807) is 14.2 Å². The Labute approximate surface area is 95.8 Å². The number of hydrogen-bond acceptors (Lipinski definition) is 4. The van der Waals surface area contributed by atoms with E-state index in [1.165, 1.54) is 0 Å². The average Bonchev–Trinajstić information content (AvgIpc) is 2.29. The maximum absolute atomic E-state index is 9.61. The highest BCUT2D eigenvalue weighted by Gasteiger charge is 2.14. The first-order chi connectivity index (χ1) is 7.72. The molecule has 1 aromatic rings. The molecule has 0 fully saturated rings. The van der Waals surface area contributed by atoms with E-state index in [4.69, 9.17) is 14.2 Å². The second kappa shape index (κ2) is 6.35. The molecule has 0 heterocycles. The molecular weight excluding hydrogens is 208 g/mol. The van der Waals surface area contributed by atoms with Crippen LogP contribution in [-0.2, 0) is 11.2 Å². The van der Waals surface area contributed by atoms with Gasteiger partial charge in [0, 0.05) is 18.6 Å². The zero-order chi connectivity index (χ0) is 12.0. The molecule has 0 aliphatic rings. The Morgan fingerprint density at radius 1 is 1.19 bits per heavy atom. The van der Waals surface area contributed by atoms with Crippen LogP contribution in [0.1, 0.15) is 12.5 Å². The molecule has 1 N–H and O–H groups in total. The summed E-state index contributed by atoms with van der Waals surface area (Å²) in [6.07, 6.45) is -0.490. The van der Waals surface area contributed by atoms with Gasteiger partial charge in [-0.25, -0.2) is 0 Å². The molecule has 0 aliphatic carbocycles. The average molecular weight is 226 g/mol. The Balaban J connectivity index is 2.90. The molecule has 0 radical (unpaired) electrons. The molecule has 0 saturated carbocycles. The van der Waals surface area contributed by atoms with Gasteiger partial charge in [-0.05, 0) is 19.1 Å². The van der Waals surface area contributed by atoms with Crippen molar-refractivity contribution in [2.24, 2.45) is 0 Å². The number of ether oxygens (including phenoxy) is 3. The Morgan fingerprint density at radius 2 is 1.75 bits per heavy atom. The van der Waals surface area contributed by atoms with Crippen LogP contribution in [0.15, 0.2) is 18.2 Å². The summed E-state index contributed by atoms with van der Waals surface area (Å²) in [6, 6.07) is 5.50. The summed E-state index contributed by atoms with van der Waals surface area (Å²) in [7, 11) is 3.18. The molecule has 1 atom stereocenters. The number of aliphatic hydroxyl groups excluding tert-OH is 1. The SMILES string of the molecule is CCOC(O)Cc1c(OC)cccc1OC. The highest BCUT2D eigenvalue weighted by molar-refractivity contribution is 5.45. The quantitative estimate of drug-likeness (QED) is 0.748. The first-order valence-corrected chi connectivity index (χ1v) is 5.22. The van der Waals surface area contributed by atoms with E-state index < -0.39 is 6.29 Å². The topological polar surface area (TPSA) is 47.9 Å². The fraction of sp³-hybridized carbons (Fsp3) is 0.500. The third kappa shape index (κ3) is 3.12. The number of rotatable bonds is 6. The van der Waals surface area contributed by atoms with Gasteiger partial charge >= 0.3 is 0 Å². The van der Waals surface area contributed by atoms with Gasteiger partial charge in [-0.3, -0.25) is 0 Å². The van der Waals surface area contributed by atoms with Gasteiger partial charge < -0.3 is 19.3 Å². The molecule has 0 spiro atoms. The third-order valence-corrected chi connectivity index (χ3v) is 2.27.